The molecule has 0 aromatic heterocycles. The van der Waals surface area contributed by atoms with Crippen LogP contribution in [-0.4, -0.2) is 47.1 Å². The molecule has 0 radical (unpaired) electrons. The Hall–Kier alpha value is -1.92. The van der Waals surface area contributed by atoms with E-state index in [-0.39, 0.29) is 24.0 Å². The Morgan fingerprint density at radius 2 is 2.04 bits per heavy atom. The van der Waals surface area contributed by atoms with E-state index in [2.05, 4.69) is 5.32 Å². The molecule has 2 aliphatic heterocycles. The Kier molecular flexibility index (Phi) is 5.39. The van der Waals surface area contributed by atoms with Gasteiger partial charge in [0.1, 0.15) is 0 Å². The molecule has 0 spiro atoms. The normalized spacial score (nSPS) is 24.4. The van der Waals surface area contributed by atoms with Crippen LogP contribution in [0.15, 0.2) is 18.2 Å². The van der Waals surface area contributed by atoms with Gasteiger partial charge < -0.3 is 20.1 Å². The number of hydrogen-bond donors (Lipinski definition) is 2. The lowest BCUT2D eigenvalue weighted by molar-refractivity contribution is -0.143. The molecule has 1 aromatic rings. The Morgan fingerprint density at radius 3 is 2.76 bits per heavy atom. The summed E-state index contributed by atoms with van der Waals surface area (Å²) in [5.74, 6) is 0.0895. The van der Waals surface area contributed by atoms with Crippen molar-refractivity contribution in [2.75, 3.05) is 18.4 Å². The number of nitrogens with zero attached hydrogens (tertiary/aromatic N) is 1. The van der Waals surface area contributed by atoms with Gasteiger partial charge in [0.2, 0.25) is 11.8 Å². The summed E-state index contributed by atoms with van der Waals surface area (Å²) in [6.45, 7) is 5.16. The third-order valence-corrected chi connectivity index (χ3v) is 4.81. The van der Waals surface area contributed by atoms with Crippen molar-refractivity contribution in [2.24, 2.45) is 0 Å². The fourth-order valence-electron chi connectivity index (χ4n) is 3.58. The van der Waals surface area contributed by atoms with Gasteiger partial charge in [-0.05, 0) is 43.9 Å². The lowest BCUT2D eigenvalue weighted by Crippen LogP contribution is -2.48. The number of aryl methyl sites for hydroxylation is 1. The molecule has 3 atom stereocenters. The molecule has 2 heterocycles. The minimum Gasteiger partial charge on any atom is -0.388 e. The summed E-state index contributed by atoms with van der Waals surface area (Å²) in [5, 5.41) is 13.3. The number of fused-ring (bicyclic) bond motifs is 1. The molecule has 6 heteroatoms. The Bertz CT molecular complexity index is 651. The highest BCUT2D eigenvalue weighted by Crippen LogP contribution is 2.28. The maximum atomic E-state index is 12.4. The van der Waals surface area contributed by atoms with Crippen LogP contribution in [0.25, 0.3) is 0 Å². The number of rotatable bonds is 4. The van der Waals surface area contributed by atoms with E-state index < -0.39 is 6.10 Å². The van der Waals surface area contributed by atoms with Crippen molar-refractivity contribution in [3.05, 3.63) is 29.3 Å². The smallest absolute Gasteiger partial charge is 0.224 e. The Labute approximate surface area is 148 Å². The predicted octanol–water partition coefficient (Wildman–Crippen LogP) is 2.02. The number of hydrogen-bond acceptors (Lipinski definition) is 4. The molecule has 2 amide bonds. The van der Waals surface area contributed by atoms with E-state index in [9.17, 15) is 14.7 Å². The monoisotopic (exact) mass is 346 g/mol. The van der Waals surface area contributed by atoms with Crippen LogP contribution >= 0.6 is 0 Å². The van der Waals surface area contributed by atoms with Crippen LogP contribution < -0.4 is 5.32 Å². The van der Waals surface area contributed by atoms with Crippen molar-refractivity contribution < 1.29 is 19.4 Å². The van der Waals surface area contributed by atoms with Crippen LogP contribution in [0.4, 0.5) is 5.69 Å². The van der Waals surface area contributed by atoms with Crippen molar-refractivity contribution in [1.29, 1.82) is 0 Å². The maximum absolute atomic E-state index is 12.4. The van der Waals surface area contributed by atoms with Crippen molar-refractivity contribution >= 4 is 17.5 Å². The third kappa shape index (κ3) is 4.38. The number of benzene rings is 1. The van der Waals surface area contributed by atoms with E-state index in [1.165, 1.54) is 0 Å². The highest BCUT2D eigenvalue weighted by atomic mass is 16.5. The SMILES string of the molecule is C[C@@H]1CN(C(=O)CC[C@H](O)c2ccc3c(c2)CCC(=O)N3)C[C@H](C)O1. The summed E-state index contributed by atoms with van der Waals surface area (Å²) in [4.78, 5) is 25.6. The van der Waals surface area contributed by atoms with Gasteiger partial charge in [-0.3, -0.25) is 9.59 Å². The van der Waals surface area contributed by atoms with Gasteiger partial charge in [-0.2, -0.15) is 0 Å². The zero-order valence-corrected chi connectivity index (χ0v) is 14.8. The van der Waals surface area contributed by atoms with Gasteiger partial charge in [-0.15, -0.1) is 0 Å². The average Bonchev–Trinajstić information content (AvgIpc) is 2.58. The van der Waals surface area contributed by atoms with E-state index in [1.54, 1.807) is 0 Å². The third-order valence-electron chi connectivity index (χ3n) is 4.81. The maximum Gasteiger partial charge on any atom is 0.224 e. The molecule has 25 heavy (non-hydrogen) atoms. The second kappa shape index (κ2) is 7.54. The van der Waals surface area contributed by atoms with Gasteiger partial charge in [0.15, 0.2) is 0 Å². The molecule has 2 aliphatic rings. The number of ether oxygens (including phenoxy) is 1. The predicted molar refractivity (Wildman–Crippen MR) is 94.2 cm³/mol. The van der Waals surface area contributed by atoms with Gasteiger partial charge in [0.05, 0.1) is 18.3 Å². The van der Waals surface area contributed by atoms with Gasteiger partial charge in [0, 0.05) is 31.6 Å². The number of amides is 2. The van der Waals surface area contributed by atoms with E-state index in [0.29, 0.717) is 38.8 Å². The zero-order valence-electron chi connectivity index (χ0n) is 14.8. The average molecular weight is 346 g/mol. The van der Waals surface area contributed by atoms with Gasteiger partial charge in [-0.1, -0.05) is 12.1 Å². The van der Waals surface area contributed by atoms with Crippen LogP contribution in [0, 0.1) is 0 Å². The molecule has 1 aromatic carbocycles. The molecule has 0 unspecified atom stereocenters. The van der Waals surface area contributed by atoms with Gasteiger partial charge >= 0.3 is 0 Å². The topological polar surface area (TPSA) is 78.9 Å². The second-order valence-electron chi connectivity index (χ2n) is 7.08. The fourth-order valence-corrected chi connectivity index (χ4v) is 3.58. The summed E-state index contributed by atoms with van der Waals surface area (Å²) in [5.41, 5.74) is 2.66. The highest BCUT2D eigenvalue weighted by molar-refractivity contribution is 5.93. The van der Waals surface area contributed by atoms with E-state index in [1.807, 2.05) is 36.9 Å². The van der Waals surface area contributed by atoms with Gasteiger partial charge in [0.25, 0.3) is 0 Å². The van der Waals surface area contributed by atoms with Crippen molar-refractivity contribution in [2.45, 2.75) is 57.8 Å². The van der Waals surface area contributed by atoms with Crippen molar-refractivity contribution in [3.8, 4) is 0 Å². The molecule has 0 bridgehead atoms. The Balaban J connectivity index is 1.56. The van der Waals surface area contributed by atoms with Crippen molar-refractivity contribution in [1.82, 2.24) is 4.90 Å². The molecule has 0 saturated carbocycles. The number of nitrogens with one attached hydrogen (secondary N) is 1. The number of anilines is 1. The second-order valence-corrected chi connectivity index (χ2v) is 7.08. The lowest BCUT2D eigenvalue weighted by atomic mass is 9.96. The number of aliphatic hydroxyl groups is 1. The summed E-state index contributed by atoms with van der Waals surface area (Å²) < 4.78 is 5.65. The van der Waals surface area contributed by atoms with Crippen LogP contribution in [0.1, 0.15) is 50.3 Å². The number of carbonyl (C=O) groups excluding carboxylic acids is 2. The lowest BCUT2D eigenvalue weighted by Gasteiger charge is -2.35. The minimum atomic E-state index is -0.678. The van der Waals surface area contributed by atoms with Crippen molar-refractivity contribution in [3.63, 3.8) is 0 Å². The first kappa shape index (κ1) is 17.9. The molecule has 1 fully saturated rings. The molecule has 3 rings (SSSR count). The van der Waals surface area contributed by atoms with Crippen LogP contribution in [0.3, 0.4) is 0 Å². The molecule has 136 valence electrons. The van der Waals surface area contributed by atoms with Crippen LogP contribution in [0.5, 0.6) is 0 Å². The fraction of sp³-hybridized carbons (Fsp3) is 0.579. The molecule has 6 nitrogen and oxygen atoms in total. The zero-order chi connectivity index (χ0) is 18.0. The van der Waals surface area contributed by atoms with Crippen LogP contribution in [0.2, 0.25) is 0 Å². The van der Waals surface area contributed by atoms with E-state index in [0.717, 1.165) is 16.8 Å². The Morgan fingerprint density at radius 1 is 1.32 bits per heavy atom. The number of aliphatic hydroxyl groups excluding tert-OH is 1. The van der Waals surface area contributed by atoms with E-state index in [4.69, 9.17) is 4.74 Å². The van der Waals surface area contributed by atoms with E-state index >= 15 is 0 Å². The quantitative estimate of drug-likeness (QED) is 0.874. The molecular weight excluding hydrogens is 320 g/mol. The first-order chi connectivity index (χ1) is 11.9. The molecule has 1 saturated heterocycles. The number of carbonyl (C=O) groups is 2. The first-order valence-electron chi connectivity index (χ1n) is 8.96. The minimum absolute atomic E-state index is 0.0281. The van der Waals surface area contributed by atoms with Crippen LogP contribution in [-0.2, 0) is 20.7 Å². The molecular formula is C19H26N2O4. The summed E-state index contributed by atoms with van der Waals surface area (Å²) in [7, 11) is 0. The highest BCUT2D eigenvalue weighted by Gasteiger charge is 2.26. The summed E-state index contributed by atoms with van der Waals surface area (Å²) in [6.07, 6.45) is 1.28. The summed E-state index contributed by atoms with van der Waals surface area (Å²) >= 11 is 0. The largest absolute Gasteiger partial charge is 0.388 e. The number of morpholine rings is 1. The molecule has 0 aliphatic carbocycles. The standard InChI is InChI=1S/C19H26N2O4/c1-12-10-21(11-13(2)25-12)19(24)8-6-17(22)15-3-5-16-14(9-15)4-7-18(23)20-16/h3,5,9,12-13,17,22H,4,6-8,10-11H2,1-2H3,(H,20,23)/t12-,13+,17-/m0/s1. The summed E-state index contributed by atoms with van der Waals surface area (Å²) in [6, 6.07) is 5.58. The molecule has 2 N–H and O–H groups in total. The first-order valence-corrected chi connectivity index (χ1v) is 8.96. The van der Waals surface area contributed by atoms with Gasteiger partial charge in [-0.25, -0.2) is 0 Å².